The molecule has 10 nitrogen and oxygen atoms in total. The number of carbonyl (C=O) groups is 1. The number of hydrogen-bond donors (Lipinski definition) is 7. The van der Waals surface area contributed by atoms with Crippen LogP contribution in [0.3, 0.4) is 0 Å². The van der Waals surface area contributed by atoms with Crippen LogP contribution in [-0.4, -0.2) is 79.3 Å². The number of hydrogen-bond acceptors (Lipinski definition) is 10. The Morgan fingerprint density at radius 3 is 2.16 bits per heavy atom. The van der Waals surface area contributed by atoms with Crippen molar-refractivity contribution in [2.75, 3.05) is 13.2 Å². The van der Waals surface area contributed by atoms with E-state index in [1.54, 1.807) is 24.3 Å². The maximum Gasteiger partial charge on any atom is 0.338 e. The number of benzene rings is 2. The van der Waals surface area contributed by atoms with Gasteiger partial charge in [-0.3, -0.25) is 0 Å². The van der Waals surface area contributed by atoms with E-state index in [0.29, 0.717) is 6.42 Å². The molecule has 0 heterocycles. The average molecular weight is 450 g/mol. The third-order valence-corrected chi connectivity index (χ3v) is 5.49. The van der Waals surface area contributed by atoms with Crippen LogP contribution in [0.4, 0.5) is 0 Å². The third kappa shape index (κ3) is 5.40. The lowest BCUT2D eigenvalue weighted by Gasteiger charge is -2.40. The molecular weight excluding hydrogens is 424 g/mol. The predicted molar refractivity (Wildman–Crippen MR) is 109 cm³/mol. The third-order valence-electron chi connectivity index (χ3n) is 5.49. The first kappa shape index (κ1) is 23.6. The van der Waals surface area contributed by atoms with Gasteiger partial charge in [-0.25, -0.2) is 4.79 Å². The highest BCUT2D eigenvalue weighted by Crippen LogP contribution is 2.36. The van der Waals surface area contributed by atoms with Crippen molar-refractivity contribution in [3.05, 3.63) is 47.5 Å². The summed E-state index contributed by atoms with van der Waals surface area (Å²) in [6, 6.07) is 8.39. The highest BCUT2D eigenvalue weighted by Gasteiger charge is 2.43. The van der Waals surface area contributed by atoms with E-state index in [2.05, 4.69) is 0 Å². The number of ether oxygens (including phenoxy) is 2. The first-order valence-corrected chi connectivity index (χ1v) is 10.0. The summed E-state index contributed by atoms with van der Waals surface area (Å²) < 4.78 is 10.8. The number of carbonyl (C=O) groups excluding carboxylic acids is 1. The van der Waals surface area contributed by atoms with Crippen molar-refractivity contribution >= 4 is 5.97 Å². The second-order valence-electron chi connectivity index (χ2n) is 7.75. The smallest absolute Gasteiger partial charge is 0.338 e. The second kappa shape index (κ2) is 10.0. The lowest BCUT2D eigenvalue weighted by Crippen LogP contribution is -2.55. The van der Waals surface area contributed by atoms with Crippen molar-refractivity contribution in [3.8, 4) is 23.0 Å². The molecule has 1 aliphatic carbocycles. The number of aliphatic hydroxyl groups excluding tert-OH is 3. The zero-order valence-electron chi connectivity index (χ0n) is 17.0. The first-order valence-electron chi connectivity index (χ1n) is 10.0. The molecule has 1 fully saturated rings. The van der Waals surface area contributed by atoms with Gasteiger partial charge in [-0.15, -0.1) is 0 Å². The fraction of sp³-hybridized carbons (Fsp3) is 0.409. The summed E-state index contributed by atoms with van der Waals surface area (Å²) in [5.41, 5.74) is 0.685. The molecule has 0 saturated heterocycles. The van der Waals surface area contributed by atoms with Gasteiger partial charge in [0.05, 0.1) is 31.0 Å². The Hall–Kier alpha value is -3.05. The molecule has 3 rings (SSSR count). The van der Waals surface area contributed by atoms with Crippen LogP contribution in [0, 0.1) is 5.92 Å². The summed E-state index contributed by atoms with van der Waals surface area (Å²) in [6.45, 7) is -0.0993. The molecule has 2 aromatic carbocycles. The first-order chi connectivity index (χ1) is 15.2. The molecule has 2 aromatic rings. The minimum absolute atomic E-state index is 0.105. The van der Waals surface area contributed by atoms with Crippen molar-refractivity contribution in [3.63, 3.8) is 0 Å². The Morgan fingerprint density at radius 1 is 0.906 bits per heavy atom. The van der Waals surface area contributed by atoms with E-state index in [1.165, 1.54) is 0 Å². The van der Waals surface area contributed by atoms with E-state index in [1.807, 2.05) is 0 Å². The summed E-state index contributed by atoms with van der Waals surface area (Å²) in [5.74, 6) is -3.69. The molecule has 0 amide bonds. The molecule has 0 spiro atoms. The normalized spacial score (nSPS) is 25.4. The van der Waals surface area contributed by atoms with E-state index >= 15 is 0 Å². The molecule has 0 bridgehead atoms. The van der Waals surface area contributed by atoms with E-state index in [9.17, 15) is 40.5 Å². The Bertz CT molecular complexity index is 906. The maximum atomic E-state index is 12.2. The van der Waals surface area contributed by atoms with Crippen LogP contribution in [0.2, 0.25) is 0 Å². The number of aromatic hydroxyl groups is 4. The van der Waals surface area contributed by atoms with Crippen LogP contribution in [0.1, 0.15) is 22.3 Å². The zero-order chi connectivity index (χ0) is 23.4. The number of rotatable bonds is 7. The molecule has 7 N–H and O–H groups in total. The van der Waals surface area contributed by atoms with Crippen molar-refractivity contribution in [2.24, 2.45) is 5.92 Å². The minimum Gasteiger partial charge on any atom is -0.508 e. The molecule has 1 saturated carbocycles. The molecule has 174 valence electrons. The largest absolute Gasteiger partial charge is 0.508 e. The van der Waals surface area contributed by atoms with Gasteiger partial charge in [-0.2, -0.15) is 0 Å². The molecule has 5 unspecified atom stereocenters. The maximum absolute atomic E-state index is 12.2. The van der Waals surface area contributed by atoms with Crippen LogP contribution in [0.15, 0.2) is 36.4 Å². The van der Waals surface area contributed by atoms with Crippen molar-refractivity contribution in [1.82, 2.24) is 0 Å². The number of esters is 1. The highest BCUT2D eigenvalue weighted by molar-refractivity contribution is 5.91. The van der Waals surface area contributed by atoms with Crippen molar-refractivity contribution in [1.29, 1.82) is 0 Å². The van der Waals surface area contributed by atoms with Gasteiger partial charge in [0.15, 0.2) is 17.2 Å². The topological polar surface area (TPSA) is 177 Å². The van der Waals surface area contributed by atoms with E-state index in [0.717, 1.165) is 17.7 Å². The van der Waals surface area contributed by atoms with Gasteiger partial charge in [0, 0.05) is 5.92 Å². The summed E-state index contributed by atoms with van der Waals surface area (Å²) in [6.07, 6.45) is -4.41. The fourth-order valence-corrected chi connectivity index (χ4v) is 3.59. The predicted octanol–water partition coefficient (Wildman–Crippen LogP) is 0.396. The molecule has 32 heavy (non-hydrogen) atoms. The average Bonchev–Trinajstić information content (AvgIpc) is 2.77. The van der Waals surface area contributed by atoms with E-state index < -0.39 is 53.6 Å². The molecule has 1 aliphatic rings. The minimum atomic E-state index is -1.51. The Morgan fingerprint density at radius 2 is 1.53 bits per heavy atom. The number of phenols is 4. The van der Waals surface area contributed by atoms with Crippen LogP contribution < -0.4 is 0 Å². The Kier molecular flexibility index (Phi) is 7.41. The standard InChI is InChI=1S/C22H26O10/c23-14-3-1-11(2-4-14)5-6-31-17-9-13(18(26)21(29)20(17)28)10-32-22(30)12-7-15(24)19(27)16(25)8-12/h1-4,7-8,13,17-18,20-21,23-29H,5-6,9-10H2. The SMILES string of the molecule is O=C(OCC1CC(OCCc2ccc(O)cc2)C(O)C(O)C1O)c1cc(O)c(O)c(O)c1. The molecular formula is C22H26O10. The number of phenolic OH excluding ortho intramolecular Hbond substituents is 4. The van der Waals surface area contributed by atoms with E-state index in [-0.39, 0.29) is 30.9 Å². The van der Waals surface area contributed by atoms with Crippen LogP contribution in [-0.2, 0) is 15.9 Å². The summed E-state index contributed by atoms with van der Waals surface area (Å²) in [5, 5.41) is 68.4. The molecule has 0 radical (unpaired) electrons. The van der Waals surface area contributed by atoms with Crippen LogP contribution in [0.25, 0.3) is 0 Å². The summed E-state index contributed by atoms with van der Waals surface area (Å²) in [4.78, 5) is 12.2. The van der Waals surface area contributed by atoms with Gasteiger partial charge in [-0.05, 0) is 42.7 Å². The number of aliphatic hydroxyl groups is 3. The monoisotopic (exact) mass is 450 g/mol. The van der Waals surface area contributed by atoms with Crippen molar-refractivity contribution in [2.45, 2.75) is 37.3 Å². The quantitative estimate of drug-likeness (QED) is 0.231. The van der Waals surface area contributed by atoms with Gasteiger partial charge in [-0.1, -0.05) is 12.1 Å². The molecule has 5 atom stereocenters. The molecule has 0 aromatic heterocycles. The van der Waals surface area contributed by atoms with Crippen LogP contribution >= 0.6 is 0 Å². The Labute approximate surface area is 183 Å². The lowest BCUT2D eigenvalue weighted by atomic mass is 9.81. The van der Waals surface area contributed by atoms with Gasteiger partial charge < -0.3 is 45.2 Å². The van der Waals surface area contributed by atoms with Gasteiger partial charge in [0.2, 0.25) is 0 Å². The van der Waals surface area contributed by atoms with Crippen LogP contribution in [0.5, 0.6) is 23.0 Å². The fourth-order valence-electron chi connectivity index (χ4n) is 3.59. The van der Waals surface area contributed by atoms with Gasteiger partial charge in [0.1, 0.15) is 18.0 Å². The zero-order valence-corrected chi connectivity index (χ0v) is 17.0. The summed E-state index contributed by atoms with van der Waals surface area (Å²) in [7, 11) is 0. The second-order valence-corrected chi connectivity index (χ2v) is 7.75. The van der Waals surface area contributed by atoms with Gasteiger partial charge in [0.25, 0.3) is 0 Å². The van der Waals surface area contributed by atoms with Crippen molar-refractivity contribution < 1.29 is 50.0 Å². The Balaban J connectivity index is 1.57. The summed E-state index contributed by atoms with van der Waals surface area (Å²) >= 11 is 0. The van der Waals surface area contributed by atoms with E-state index in [4.69, 9.17) is 9.47 Å². The molecule has 0 aliphatic heterocycles. The molecule has 10 heteroatoms. The lowest BCUT2D eigenvalue weighted by molar-refractivity contribution is -0.177. The van der Waals surface area contributed by atoms with Gasteiger partial charge >= 0.3 is 5.97 Å². The highest BCUT2D eigenvalue weighted by atomic mass is 16.5.